The Morgan fingerprint density at radius 1 is 1.40 bits per heavy atom. The van der Waals surface area contributed by atoms with E-state index >= 15 is 0 Å². The van der Waals surface area contributed by atoms with Crippen molar-refractivity contribution in [3.63, 3.8) is 0 Å². The van der Waals surface area contributed by atoms with Gasteiger partial charge in [0.05, 0.1) is 17.1 Å². The van der Waals surface area contributed by atoms with Gasteiger partial charge >= 0.3 is 0 Å². The van der Waals surface area contributed by atoms with Crippen LogP contribution in [0.5, 0.6) is 0 Å². The third-order valence-corrected chi connectivity index (χ3v) is 4.76. The van der Waals surface area contributed by atoms with Crippen LogP contribution >= 0.6 is 23.6 Å². The first-order valence-corrected chi connectivity index (χ1v) is 7.52. The molecule has 2 aromatic heterocycles. The third-order valence-electron chi connectivity index (χ3n) is 3.38. The molecule has 0 saturated carbocycles. The smallest absolute Gasteiger partial charge is 0.178 e. The molecule has 0 bridgehead atoms. The zero-order valence-electron chi connectivity index (χ0n) is 11.4. The molecule has 0 radical (unpaired) electrons. The summed E-state index contributed by atoms with van der Waals surface area (Å²) in [6, 6.07) is 3.35. The van der Waals surface area contributed by atoms with E-state index in [2.05, 4.69) is 16.9 Å². The lowest BCUT2D eigenvalue weighted by molar-refractivity contribution is 0.619. The molecule has 1 unspecified atom stereocenters. The van der Waals surface area contributed by atoms with Gasteiger partial charge < -0.3 is 9.55 Å². The molecule has 0 saturated heterocycles. The number of thiazole rings is 1. The maximum atomic E-state index is 13.6. The molecular weight excluding hydrogens is 293 g/mol. The maximum Gasteiger partial charge on any atom is 0.178 e. The van der Waals surface area contributed by atoms with E-state index in [4.69, 9.17) is 12.2 Å². The van der Waals surface area contributed by atoms with Crippen LogP contribution in [0.3, 0.4) is 0 Å². The van der Waals surface area contributed by atoms with Gasteiger partial charge in [0.15, 0.2) is 4.77 Å². The Morgan fingerprint density at radius 2 is 2.15 bits per heavy atom. The van der Waals surface area contributed by atoms with E-state index in [9.17, 15) is 4.39 Å². The molecule has 3 nitrogen and oxygen atoms in total. The molecule has 0 amide bonds. The molecule has 104 valence electrons. The number of imidazole rings is 1. The molecule has 3 rings (SSSR count). The quantitative estimate of drug-likeness (QED) is 0.706. The second-order valence-corrected chi connectivity index (χ2v) is 6.56. The van der Waals surface area contributed by atoms with Gasteiger partial charge in [-0.2, -0.15) is 0 Å². The van der Waals surface area contributed by atoms with E-state index in [1.54, 1.807) is 18.3 Å². The first kappa shape index (κ1) is 13.5. The zero-order chi connectivity index (χ0) is 14.4. The lowest BCUT2D eigenvalue weighted by atomic mass is 10.2. The third kappa shape index (κ3) is 2.09. The Morgan fingerprint density at radius 3 is 2.80 bits per heavy atom. The topological polar surface area (TPSA) is 33.6 Å². The number of nitrogens with zero attached hydrogens (tertiary/aromatic N) is 2. The Hall–Kier alpha value is -1.53. The summed E-state index contributed by atoms with van der Waals surface area (Å²) in [5.41, 5.74) is 2.25. The highest BCUT2D eigenvalue weighted by Gasteiger charge is 2.17. The molecule has 6 heteroatoms. The first-order chi connectivity index (χ1) is 9.47. The van der Waals surface area contributed by atoms with Crippen molar-refractivity contribution in [3.05, 3.63) is 44.4 Å². The standard InChI is InChI=1S/C14H14FN3S2/c1-7-4-12-11(5-10(7)15)17-14(19)18(12)9(3)13-16-6-8(2)20-13/h4-6,9H,1-3H3,(H,17,19). The van der Waals surface area contributed by atoms with Gasteiger partial charge in [-0.25, -0.2) is 9.37 Å². The average Bonchev–Trinajstić information content (AvgIpc) is 2.93. The maximum absolute atomic E-state index is 13.6. The molecule has 1 N–H and O–H groups in total. The van der Waals surface area contributed by atoms with Gasteiger partial charge in [-0.05, 0) is 50.7 Å². The van der Waals surface area contributed by atoms with Crippen molar-refractivity contribution in [3.8, 4) is 0 Å². The van der Waals surface area contributed by atoms with Crippen LogP contribution in [0.2, 0.25) is 0 Å². The molecule has 20 heavy (non-hydrogen) atoms. The van der Waals surface area contributed by atoms with Crippen molar-refractivity contribution in [2.24, 2.45) is 0 Å². The van der Waals surface area contributed by atoms with Gasteiger partial charge in [-0.1, -0.05) is 0 Å². The lowest BCUT2D eigenvalue weighted by Gasteiger charge is -2.12. The molecular formula is C14H14FN3S2. The van der Waals surface area contributed by atoms with E-state index in [-0.39, 0.29) is 11.9 Å². The van der Waals surface area contributed by atoms with Crippen molar-refractivity contribution in [1.29, 1.82) is 0 Å². The number of halogens is 1. The molecule has 1 aromatic carbocycles. The van der Waals surface area contributed by atoms with Gasteiger partial charge in [0.1, 0.15) is 10.8 Å². The van der Waals surface area contributed by atoms with Crippen molar-refractivity contribution in [2.45, 2.75) is 26.8 Å². The van der Waals surface area contributed by atoms with Gasteiger partial charge in [-0.3, -0.25) is 0 Å². The predicted molar refractivity (Wildman–Crippen MR) is 82.5 cm³/mol. The summed E-state index contributed by atoms with van der Waals surface area (Å²) in [6.45, 7) is 5.84. The molecule has 0 fully saturated rings. The normalized spacial score (nSPS) is 13.0. The molecule has 1 atom stereocenters. The number of H-pyrrole nitrogens is 1. The number of rotatable bonds is 2. The Labute approximate surface area is 125 Å². The fourth-order valence-electron chi connectivity index (χ4n) is 2.31. The number of aromatic nitrogens is 3. The molecule has 0 spiro atoms. The number of aryl methyl sites for hydroxylation is 2. The van der Waals surface area contributed by atoms with Crippen molar-refractivity contribution in [2.75, 3.05) is 0 Å². The number of hydrogen-bond donors (Lipinski definition) is 1. The number of hydrogen-bond acceptors (Lipinski definition) is 3. The van der Waals surface area contributed by atoms with Crippen LogP contribution in [0.15, 0.2) is 18.3 Å². The predicted octanol–water partition coefficient (Wildman–Crippen LogP) is 4.52. The van der Waals surface area contributed by atoms with Crippen LogP contribution in [0, 0.1) is 24.4 Å². The van der Waals surface area contributed by atoms with E-state index in [1.165, 1.54) is 10.9 Å². The molecule has 0 aliphatic rings. The minimum atomic E-state index is -0.223. The Kier molecular flexibility index (Phi) is 3.22. The average molecular weight is 307 g/mol. The van der Waals surface area contributed by atoms with E-state index < -0.39 is 0 Å². The SMILES string of the molecule is Cc1cnc(C(C)n2c(=S)[nH]c3cc(F)c(C)cc32)s1. The summed E-state index contributed by atoms with van der Waals surface area (Å²) in [5, 5.41) is 1.00. The molecule has 0 aliphatic carbocycles. The molecule has 2 heterocycles. The first-order valence-electron chi connectivity index (χ1n) is 6.30. The second kappa shape index (κ2) is 4.79. The Balaban J connectivity index is 2.23. The monoisotopic (exact) mass is 307 g/mol. The highest BCUT2D eigenvalue weighted by molar-refractivity contribution is 7.71. The van der Waals surface area contributed by atoms with E-state index in [0.717, 1.165) is 16.0 Å². The summed E-state index contributed by atoms with van der Waals surface area (Å²) < 4.78 is 16.2. The van der Waals surface area contributed by atoms with E-state index in [0.29, 0.717) is 10.3 Å². The summed E-state index contributed by atoms with van der Waals surface area (Å²) in [4.78, 5) is 8.66. The van der Waals surface area contributed by atoms with Crippen LogP contribution in [0.25, 0.3) is 11.0 Å². The van der Waals surface area contributed by atoms with E-state index in [1.807, 2.05) is 23.8 Å². The van der Waals surface area contributed by atoms with Crippen LogP contribution in [0.1, 0.15) is 28.4 Å². The van der Waals surface area contributed by atoms with Crippen LogP contribution < -0.4 is 0 Å². The number of benzene rings is 1. The Bertz CT molecular complexity index is 844. The highest BCUT2D eigenvalue weighted by atomic mass is 32.1. The minimum absolute atomic E-state index is 0.0276. The fourth-order valence-corrected chi connectivity index (χ4v) is 3.49. The summed E-state index contributed by atoms with van der Waals surface area (Å²) in [6.07, 6.45) is 1.86. The zero-order valence-corrected chi connectivity index (χ0v) is 13.0. The number of nitrogens with one attached hydrogen (secondary N) is 1. The fraction of sp³-hybridized carbons (Fsp3) is 0.286. The summed E-state index contributed by atoms with van der Waals surface area (Å²) in [5.74, 6) is -0.223. The van der Waals surface area contributed by atoms with Crippen LogP contribution in [0.4, 0.5) is 4.39 Å². The highest BCUT2D eigenvalue weighted by Crippen LogP contribution is 2.28. The van der Waals surface area contributed by atoms with Crippen molar-refractivity contribution < 1.29 is 4.39 Å². The number of aromatic amines is 1. The molecule has 0 aliphatic heterocycles. The van der Waals surface area contributed by atoms with Gasteiger partial charge in [0.2, 0.25) is 0 Å². The largest absolute Gasteiger partial charge is 0.330 e. The molecule has 3 aromatic rings. The number of fused-ring (bicyclic) bond motifs is 1. The lowest BCUT2D eigenvalue weighted by Crippen LogP contribution is -2.06. The minimum Gasteiger partial charge on any atom is -0.330 e. The van der Waals surface area contributed by atoms with Gasteiger partial charge in [-0.15, -0.1) is 11.3 Å². The van der Waals surface area contributed by atoms with Crippen LogP contribution in [-0.2, 0) is 0 Å². The van der Waals surface area contributed by atoms with Crippen LogP contribution in [-0.4, -0.2) is 14.5 Å². The second-order valence-electron chi connectivity index (χ2n) is 4.90. The van der Waals surface area contributed by atoms with Gasteiger partial charge in [0, 0.05) is 11.1 Å². The van der Waals surface area contributed by atoms with Crippen molar-refractivity contribution >= 4 is 34.6 Å². The van der Waals surface area contributed by atoms with Crippen molar-refractivity contribution in [1.82, 2.24) is 14.5 Å². The summed E-state index contributed by atoms with van der Waals surface area (Å²) >= 11 is 7.04. The summed E-state index contributed by atoms with van der Waals surface area (Å²) in [7, 11) is 0. The van der Waals surface area contributed by atoms with Gasteiger partial charge in [0.25, 0.3) is 0 Å².